The Bertz CT molecular complexity index is 3610. The number of hydrogen-bond acceptors (Lipinski definition) is 5. The molecule has 0 radical (unpaired) electrons. The minimum Gasteiger partial charge on any atom is -0.308 e. The summed E-state index contributed by atoms with van der Waals surface area (Å²) in [6, 6.07) is 84.0. The van der Waals surface area contributed by atoms with Gasteiger partial charge in [0.05, 0.1) is 22.4 Å². The van der Waals surface area contributed by atoms with Crippen LogP contribution >= 0.6 is 0 Å². The van der Waals surface area contributed by atoms with E-state index in [0.29, 0.717) is 23.3 Å². The number of fused-ring (bicyclic) bond motifs is 3. The largest absolute Gasteiger partial charge is 0.308 e. The van der Waals surface area contributed by atoms with E-state index in [1.165, 1.54) is 0 Å². The van der Waals surface area contributed by atoms with Crippen molar-refractivity contribution >= 4 is 21.8 Å². The molecule has 0 aliphatic rings. The number of nitrogens with zero attached hydrogens (tertiary/aromatic N) is 6. The lowest BCUT2D eigenvalue weighted by Gasteiger charge is -2.16. The van der Waals surface area contributed by atoms with Gasteiger partial charge in [-0.25, -0.2) is 24.9 Å². The number of hydrogen-bond donors (Lipinski definition) is 0. The molecule has 0 spiro atoms. The Hall–Kier alpha value is -9.13. The molecule has 9 aromatic carbocycles. The molecule has 6 heteroatoms. The fraction of sp³-hybridized carbons (Fsp3) is 0. The van der Waals surface area contributed by atoms with E-state index in [4.69, 9.17) is 24.9 Å². The van der Waals surface area contributed by atoms with Crippen LogP contribution in [0, 0.1) is 0 Å². The molecule has 0 amide bonds. The van der Waals surface area contributed by atoms with Gasteiger partial charge in [0, 0.05) is 61.0 Å². The third kappa shape index (κ3) is 7.42. The predicted molar refractivity (Wildman–Crippen MR) is 273 cm³/mol. The Morgan fingerprint density at radius 2 is 0.627 bits per heavy atom. The van der Waals surface area contributed by atoms with Gasteiger partial charge in [-0.2, -0.15) is 0 Å². The van der Waals surface area contributed by atoms with E-state index in [-0.39, 0.29) is 0 Å². The SMILES string of the molecule is c1ccc(-c2cc(-c3ccccc3)nc(-c3ccccc3-c3cccc4c5cccc(-c6cccc(-c7nc(-c8ccccc8)nc(-c8ccccc8)n7)c6)c5n(-c5ccccc5)c34)n2)cc1. The van der Waals surface area contributed by atoms with E-state index >= 15 is 0 Å². The molecule has 3 aromatic heterocycles. The predicted octanol–water partition coefficient (Wildman–Crippen LogP) is 15.1. The average Bonchev–Trinajstić information content (AvgIpc) is 3.77. The summed E-state index contributed by atoms with van der Waals surface area (Å²) in [5.74, 6) is 2.53. The third-order valence-corrected chi connectivity index (χ3v) is 12.3. The smallest absolute Gasteiger partial charge is 0.164 e. The van der Waals surface area contributed by atoms with Crippen LogP contribution in [-0.4, -0.2) is 29.5 Å². The minimum absolute atomic E-state index is 0.609. The Labute approximate surface area is 388 Å². The van der Waals surface area contributed by atoms with Crippen molar-refractivity contribution in [1.82, 2.24) is 29.5 Å². The molecule has 0 saturated carbocycles. The first-order valence-electron chi connectivity index (χ1n) is 22.4. The number of benzene rings is 9. The van der Waals surface area contributed by atoms with Gasteiger partial charge >= 0.3 is 0 Å². The molecule has 12 aromatic rings. The van der Waals surface area contributed by atoms with Crippen molar-refractivity contribution < 1.29 is 0 Å². The molecule has 6 nitrogen and oxygen atoms in total. The van der Waals surface area contributed by atoms with Gasteiger partial charge in [-0.3, -0.25) is 0 Å². The normalized spacial score (nSPS) is 11.3. The first-order valence-corrected chi connectivity index (χ1v) is 22.4. The third-order valence-electron chi connectivity index (χ3n) is 12.3. The summed E-state index contributed by atoms with van der Waals surface area (Å²) in [5.41, 5.74) is 15.0. The topological polar surface area (TPSA) is 69.4 Å². The van der Waals surface area contributed by atoms with Gasteiger partial charge in [-0.1, -0.05) is 218 Å². The second kappa shape index (κ2) is 17.1. The van der Waals surface area contributed by atoms with E-state index in [1.807, 2.05) is 72.8 Å². The van der Waals surface area contributed by atoms with Crippen LogP contribution in [0.1, 0.15) is 0 Å². The van der Waals surface area contributed by atoms with Gasteiger partial charge in [0.25, 0.3) is 0 Å². The average molecular weight is 857 g/mol. The molecule has 0 saturated heterocycles. The number of para-hydroxylation sites is 3. The highest BCUT2D eigenvalue weighted by atomic mass is 15.0. The molecule has 0 N–H and O–H groups in total. The fourth-order valence-electron chi connectivity index (χ4n) is 9.16. The molecular formula is C61H40N6. The fourth-order valence-corrected chi connectivity index (χ4v) is 9.16. The van der Waals surface area contributed by atoms with Gasteiger partial charge in [-0.05, 0) is 35.4 Å². The molecule has 0 fully saturated rings. The van der Waals surface area contributed by atoms with Gasteiger partial charge in [-0.15, -0.1) is 0 Å². The van der Waals surface area contributed by atoms with E-state index in [2.05, 4.69) is 174 Å². The second-order valence-electron chi connectivity index (χ2n) is 16.4. The Kier molecular flexibility index (Phi) is 10.1. The maximum Gasteiger partial charge on any atom is 0.164 e. The number of rotatable bonds is 9. The molecule has 67 heavy (non-hydrogen) atoms. The van der Waals surface area contributed by atoms with Crippen LogP contribution in [0.15, 0.2) is 243 Å². The maximum atomic E-state index is 5.29. The summed E-state index contributed by atoms with van der Waals surface area (Å²) in [4.78, 5) is 25.7. The quantitative estimate of drug-likeness (QED) is 0.145. The van der Waals surface area contributed by atoms with Crippen molar-refractivity contribution in [2.75, 3.05) is 0 Å². The van der Waals surface area contributed by atoms with Crippen molar-refractivity contribution in [3.05, 3.63) is 243 Å². The Morgan fingerprint density at radius 1 is 0.239 bits per heavy atom. The first-order chi connectivity index (χ1) is 33.2. The van der Waals surface area contributed by atoms with Gasteiger partial charge in [0.1, 0.15) is 0 Å². The van der Waals surface area contributed by atoms with Crippen LogP contribution in [0.25, 0.3) is 118 Å². The molecule has 12 rings (SSSR count). The monoisotopic (exact) mass is 856 g/mol. The molecule has 0 aliphatic carbocycles. The van der Waals surface area contributed by atoms with E-state index in [1.54, 1.807) is 0 Å². The minimum atomic E-state index is 0.609. The molecule has 3 heterocycles. The summed E-state index contributed by atoms with van der Waals surface area (Å²) in [7, 11) is 0. The molecule has 0 atom stereocenters. The zero-order valence-electron chi connectivity index (χ0n) is 36.3. The van der Waals surface area contributed by atoms with E-state index in [9.17, 15) is 0 Å². The van der Waals surface area contributed by atoms with Crippen molar-refractivity contribution in [1.29, 1.82) is 0 Å². The lowest BCUT2D eigenvalue weighted by Crippen LogP contribution is -2.00. The van der Waals surface area contributed by atoms with Crippen LogP contribution in [0.3, 0.4) is 0 Å². The van der Waals surface area contributed by atoms with Gasteiger partial charge in [0.2, 0.25) is 0 Å². The summed E-state index contributed by atoms with van der Waals surface area (Å²) < 4.78 is 2.43. The highest BCUT2D eigenvalue weighted by Crippen LogP contribution is 2.44. The van der Waals surface area contributed by atoms with Crippen LogP contribution in [0.2, 0.25) is 0 Å². The Balaban J connectivity index is 1.07. The van der Waals surface area contributed by atoms with Crippen LogP contribution in [0.5, 0.6) is 0 Å². The van der Waals surface area contributed by atoms with Crippen molar-refractivity contribution in [3.8, 4) is 96.0 Å². The summed E-state index contributed by atoms with van der Waals surface area (Å²) in [6.45, 7) is 0. The van der Waals surface area contributed by atoms with Crippen molar-refractivity contribution in [2.24, 2.45) is 0 Å². The van der Waals surface area contributed by atoms with Crippen molar-refractivity contribution in [2.45, 2.75) is 0 Å². The van der Waals surface area contributed by atoms with E-state index < -0.39 is 0 Å². The summed E-state index contributed by atoms with van der Waals surface area (Å²) in [6.07, 6.45) is 0. The Morgan fingerprint density at radius 3 is 1.18 bits per heavy atom. The van der Waals surface area contributed by atoms with Crippen LogP contribution in [-0.2, 0) is 0 Å². The lowest BCUT2D eigenvalue weighted by atomic mass is 9.96. The summed E-state index contributed by atoms with van der Waals surface area (Å²) in [5, 5.41) is 2.29. The van der Waals surface area contributed by atoms with E-state index in [0.717, 1.165) is 94.5 Å². The first kappa shape index (κ1) is 39.5. The zero-order chi connectivity index (χ0) is 44.5. The molecular weight excluding hydrogens is 817 g/mol. The van der Waals surface area contributed by atoms with Crippen LogP contribution < -0.4 is 0 Å². The second-order valence-corrected chi connectivity index (χ2v) is 16.4. The molecule has 314 valence electrons. The standard InChI is InChI=1S/C61H40N6/c1-6-21-41(22-7-1)54-40-55(42-23-8-2-9-24-42)63-61(62-54)53-34-17-16-33-49(53)50-36-20-38-52-51-37-19-35-48(56(51)67(57(50)52)47-31-14-5-15-32-47)45-29-18-30-46(39-45)60-65-58(43-25-10-3-11-26-43)64-59(66-60)44-27-12-4-13-28-44/h1-40H. The summed E-state index contributed by atoms with van der Waals surface area (Å²) >= 11 is 0. The van der Waals surface area contributed by atoms with Crippen molar-refractivity contribution in [3.63, 3.8) is 0 Å². The molecule has 0 aliphatic heterocycles. The van der Waals surface area contributed by atoms with Crippen LogP contribution in [0.4, 0.5) is 0 Å². The van der Waals surface area contributed by atoms with Gasteiger partial charge < -0.3 is 4.57 Å². The zero-order valence-corrected chi connectivity index (χ0v) is 36.3. The lowest BCUT2D eigenvalue weighted by molar-refractivity contribution is 1.07. The molecule has 0 bridgehead atoms. The molecule has 0 unspecified atom stereocenters. The highest BCUT2D eigenvalue weighted by Gasteiger charge is 2.23. The number of aromatic nitrogens is 6. The van der Waals surface area contributed by atoms with Gasteiger partial charge in [0.15, 0.2) is 23.3 Å². The maximum absolute atomic E-state index is 5.29. The highest BCUT2D eigenvalue weighted by molar-refractivity contribution is 6.17.